The van der Waals surface area contributed by atoms with E-state index in [4.69, 9.17) is 10.5 Å². The van der Waals surface area contributed by atoms with Crippen molar-refractivity contribution >= 4 is 26.3 Å². The first kappa shape index (κ1) is 18.0. The van der Waals surface area contributed by atoms with Gasteiger partial charge in [0.2, 0.25) is 0 Å². The molecule has 3 N–H and O–H groups in total. The van der Waals surface area contributed by atoms with Crippen LogP contribution in [0.5, 0.6) is 0 Å². The molecule has 0 aromatic heterocycles. The summed E-state index contributed by atoms with van der Waals surface area (Å²) in [6.07, 6.45) is 3.16. The van der Waals surface area contributed by atoms with Crippen LogP contribution in [-0.4, -0.2) is 45.0 Å². The summed E-state index contributed by atoms with van der Waals surface area (Å²) in [6, 6.07) is 0. The molecule has 0 aromatic carbocycles. The molecule has 5 heteroatoms. The molecule has 0 unspecified atom stereocenters. The molecule has 0 aliphatic carbocycles. The monoisotopic (exact) mass is 366 g/mol. The molecule has 0 radical (unpaired) electrons. The summed E-state index contributed by atoms with van der Waals surface area (Å²) in [5.74, 6) is 0. The van der Waals surface area contributed by atoms with Crippen molar-refractivity contribution in [1.82, 2.24) is 5.32 Å². The van der Waals surface area contributed by atoms with Crippen molar-refractivity contribution in [2.24, 2.45) is 5.73 Å². The second kappa shape index (κ2) is 9.91. The van der Waals surface area contributed by atoms with E-state index in [0.29, 0.717) is 0 Å². The number of unbranched alkanes of at least 4 members (excludes halogenated alkanes) is 1. The predicted molar refractivity (Wildman–Crippen MR) is 78.4 cm³/mol. The van der Waals surface area contributed by atoms with Crippen LogP contribution < -0.4 is 11.1 Å². The van der Waals surface area contributed by atoms with E-state index in [9.17, 15) is 4.79 Å². The molecule has 0 atom stereocenters. The van der Waals surface area contributed by atoms with Crippen LogP contribution in [0, 0.1) is 0 Å². The van der Waals surface area contributed by atoms with Crippen molar-refractivity contribution in [3.63, 3.8) is 0 Å². The molecule has 4 nitrogen and oxygen atoms in total. The summed E-state index contributed by atoms with van der Waals surface area (Å²) in [5, 5.41) is 2.80. The zero-order valence-corrected chi connectivity index (χ0v) is 14.8. The minimum atomic E-state index is -0.954. The van der Waals surface area contributed by atoms with Gasteiger partial charge in [-0.3, -0.25) is 0 Å². The van der Waals surface area contributed by atoms with Gasteiger partial charge in [-0.05, 0) is 0 Å². The number of carbonyl (C=O) groups is 1. The van der Waals surface area contributed by atoms with E-state index in [1.165, 1.54) is 21.6 Å². The third-order valence-corrected chi connectivity index (χ3v) is 8.54. The van der Waals surface area contributed by atoms with Gasteiger partial charge in [0.05, 0.1) is 0 Å². The van der Waals surface area contributed by atoms with E-state index in [1.54, 1.807) is 0 Å². The quantitative estimate of drug-likeness (QED) is 0.512. The van der Waals surface area contributed by atoms with Gasteiger partial charge in [0.1, 0.15) is 0 Å². The normalized spacial score (nSPS) is 11.7. The van der Waals surface area contributed by atoms with E-state index in [1.807, 2.05) is 20.8 Å². The molecule has 0 aromatic rings. The minimum absolute atomic E-state index is 0.306. The Balaban J connectivity index is 3.42. The Hall–Kier alpha value is 0.0482. The van der Waals surface area contributed by atoms with Crippen LogP contribution in [0.1, 0.15) is 40.0 Å². The predicted octanol–water partition coefficient (Wildman–Crippen LogP) is 2.76. The molecular formula is C13H29N2O2Sb. The molecule has 0 heterocycles. The fourth-order valence-electron chi connectivity index (χ4n) is 1.48. The molecule has 0 aliphatic heterocycles. The Morgan fingerprint density at radius 3 is 2.39 bits per heavy atom. The average molecular weight is 367 g/mol. The SMILES string of the molecule is [CH3][Sb]([CH2]CCN)[CH2]CCCNC(=O)OC(C)(C)C. The molecule has 0 aliphatic rings. The fourth-order valence-corrected chi connectivity index (χ4v) is 6.36. The summed E-state index contributed by atoms with van der Waals surface area (Å²) in [6.45, 7) is 7.17. The Labute approximate surface area is 119 Å². The summed E-state index contributed by atoms with van der Waals surface area (Å²) in [7, 11) is 0. The van der Waals surface area contributed by atoms with Crippen LogP contribution >= 0.6 is 0 Å². The molecule has 0 fully saturated rings. The van der Waals surface area contributed by atoms with E-state index in [-0.39, 0.29) is 6.09 Å². The third kappa shape index (κ3) is 12.5. The van der Waals surface area contributed by atoms with Crippen molar-refractivity contribution in [3.8, 4) is 0 Å². The second-order valence-corrected chi connectivity index (χ2v) is 13.0. The standard InChI is InChI=1S/C9H18NO2.C3H8N.CH3.Sb/c1-5-6-7-10-8(11)12-9(2,3)4;1-2-3-4;;/h1,5-7H2,2-4H3,(H,10,11);1-4H2;1H3;. The van der Waals surface area contributed by atoms with Crippen LogP contribution in [0.2, 0.25) is 13.6 Å². The molecule has 0 saturated carbocycles. The molecule has 108 valence electrons. The summed E-state index contributed by atoms with van der Waals surface area (Å²) >= 11 is -0.954. The van der Waals surface area contributed by atoms with Gasteiger partial charge in [-0.15, -0.1) is 0 Å². The van der Waals surface area contributed by atoms with Crippen LogP contribution in [-0.2, 0) is 4.74 Å². The number of hydrogen-bond acceptors (Lipinski definition) is 3. The molecule has 0 saturated heterocycles. The first-order chi connectivity index (χ1) is 8.35. The summed E-state index contributed by atoms with van der Waals surface area (Å²) in [5.41, 5.74) is 5.10. The molecule has 18 heavy (non-hydrogen) atoms. The van der Waals surface area contributed by atoms with Gasteiger partial charge in [0.15, 0.2) is 0 Å². The van der Waals surface area contributed by atoms with Gasteiger partial charge in [0.25, 0.3) is 0 Å². The second-order valence-electron chi connectivity index (χ2n) is 5.58. The van der Waals surface area contributed by atoms with E-state index in [0.717, 1.165) is 19.5 Å². The number of amides is 1. The van der Waals surface area contributed by atoms with Gasteiger partial charge in [-0.25, -0.2) is 0 Å². The first-order valence-corrected chi connectivity index (χ1v) is 12.9. The van der Waals surface area contributed by atoms with Crippen LogP contribution in [0.25, 0.3) is 0 Å². The summed E-state index contributed by atoms with van der Waals surface area (Å²) in [4.78, 5) is 13.8. The molecular weight excluding hydrogens is 338 g/mol. The van der Waals surface area contributed by atoms with Crippen LogP contribution in [0.4, 0.5) is 4.79 Å². The van der Waals surface area contributed by atoms with E-state index in [2.05, 4.69) is 10.2 Å². The van der Waals surface area contributed by atoms with E-state index >= 15 is 0 Å². The van der Waals surface area contributed by atoms with Crippen molar-refractivity contribution in [1.29, 1.82) is 0 Å². The number of ether oxygens (including phenoxy) is 1. The Morgan fingerprint density at radius 2 is 1.83 bits per heavy atom. The molecule has 0 bridgehead atoms. The van der Waals surface area contributed by atoms with Gasteiger partial charge >= 0.3 is 119 Å². The summed E-state index contributed by atoms with van der Waals surface area (Å²) < 4.78 is 7.94. The zero-order chi connectivity index (χ0) is 14.0. The van der Waals surface area contributed by atoms with Crippen LogP contribution in [0.15, 0.2) is 0 Å². The number of hydrogen-bond donors (Lipinski definition) is 2. The molecule has 0 rings (SSSR count). The maximum absolute atomic E-state index is 11.4. The fraction of sp³-hybridized carbons (Fsp3) is 0.923. The van der Waals surface area contributed by atoms with Crippen molar-refractivity contribution in [2.45, 2.75) is 59.2 Å². The Kier molecular flexibility index (Phi) is 9.94. The first-order valence-electron chi connectivity index (χ1n) is 6.70. The van der Waals surface area contributed by atoms with Gasteiger partial charge in [-0.1, -0.05) is 0 Å². The maximum atomic E-state index is 11.4. The Bertz CT molecular complexity index is 230. The number of alkyl carbamates (subject to hydrolysis) is 1. The van der Waals surface area contributed by atoms with E-state index < -0.39 is 25.8 Å². The van der Waals surface area contributed by atoms with Gasteiger partial charge in [0, 0.05) is 0 Å². The zero-order valence-electron chi connectivity index (χ0n) is 12.3. The number of nitrogens with two attached hydrogens (primary N) is 1. The number of nitrogens with one attached hydrogen (secondary N) is 1. The van der Waals surface area contributed by atoms with Crippen molar-refractivity contribution in [2.75, 3.05) is 13.1 Å². The van der Waals surface area contributed by atoms with Gasteiger partial charge < -0.3 is 0 Å². The molecule has 0 spiro atoms. The Morgan fingerprint density at radius 1 is 1.22 bits per heavy atom. The van der Waals surface area contributed by atoms with Crippen molar-refractivity contribution in [3.05, 3.63) is 0 Å². The van der Waals surface area contributed by atoms with Crippen molar-refractivity contribution < 1.29 is 9.53 Å². The topological polar surface area (TPSA) is 64.3 Å². The number of rotatable bonds is 8. The third-order valence-electron chi connectivity index (χ3n) is 2.38. The molecule has 1 amide bonds. The van der Waals surface area contributed by atoms with Crippen LogP contribution in [0.3, 0.4) is 0 Å². The average Bonchev–Trinajstić information content (AvgIpc) is 2.23. The van der Waals surface area contributed by atoms with Gasteiger partial charge in [-0.2, -0.15) is 0 Å². The number of carbonyl (C=O) groups excluding carboxylic acids is 1.